The third-order valence-electron chi connectivity index (χ3n) is 4.07. The molecule has 0 N–H and O–H groups in total. The minimum absolute atomic E-state index is 0.695. The van der Waals surface area contributed by atoms with Gasteiger partial charge in [0.25, 0.3) is 0 Å². The van der Waals surface area contributed by atoms with Crippen molar-refractivity contribution in [3.05, 3.63) is 16.7 Å². The van der Waals surface area contributed by atoms with Crippen LogP contribution in [0.5, 0.6) is 0 Å². The molecule has 94 valence electrons. The molecule has 2 aliphatic rings. The molecule has 1 unspecified atom stereocenters. The van der Waals surface area contributed by atoms with Crippen LogP contribution in [0.25, 0.3) is 0 Å². The zero-order valence-electron chi connectivity index (χ0n) is 10.5. The molecule has 3 nitrogen and oxygen atoms in total. The molecule has 17 heavy (non-hydrogen) atoms. The molecule has 3 rings (SSSR count). The van der Waals surface area contributed by atoms with E-state index in [1.165, 1.54) is 43.7 Å². The second kappa shape index (κ2) is 4.62. The highest BCUT2D eigenvalue weighted by molar-refractivity contribution is 6.28. The first-order chi connectivity index (χ1) is 8.24. The number of nitrogens with zero attached hydrogens (tertiary/aromatic N) is 3. The SMILES string of the molecule is CC1CCn2c(Cl)nc(CN3CCCC3)c2C1. The van der Waals surface area contributed by atoms with Crippen molar-refractivity contribution in [2.75, 3.05) is 13.1 Å². The summed E-state index contributed by atoms with van der Waals surface area (Å²) in [4.78, 5) is 7.08. The van der Waals surface area contributed by atoms with E-state index in [1.54, 1.807) is 0 Å². The quantitative estimate of drug-likeness (QED) is 0.808. The van der Waals surface area contributed by atoms with Crippen LogP contribution >= 0.6 is 11.6 Å². The van der Waals surface area contributed by atoms with Gasteiger partial charge in [0.05, 0.1) is 5.69 Å². The molecular formula is C13H20ClN3. The summed E-state index contributed by atoms with van der Waals surface area (Å²) >= 11 is 6.23. The third-order valence-corrected chi connectivity index (χ3v) is 4.36. The molecule has 0 bridgehead atoms. The number of rotatable bonds is 2. The van der Waals surface area contributed by atoms with Crippen LogP contribution in [0.3, 0.4) is 0 Å². The van der Waals surface area contributed by atoms with Crippen LogP contribution < -0.4 is 0 Å². The topological polar surface area (TPSA) is 21.1 Å². The standard InChI is InChI=1S/C13H20ClN3/c1-10-4-7-17-12(8-10)11(15-13(17)14)9-16-5-2-3-6-16/h10H,2-9H2,1H3. The highest BCUT2D eigenvalue weighted by Gasteiger charge is 2.24. The Morgan fingerprint density at radius 3 is 2.82 bits per heavy atom. The van der Waals surface area contributed by atoms with Gasteiger partial charge in [-0.2, -0.15) is 0 Å². The summed E-state index contributed by atoms with van der Waals surface area (Å²) < 4.78 is 2.22. The molecule has 1 aromatic rings. The second-order valence-electron chi connectivity index (χ2n) is 5.51. The summed E-state index contributed by atoms with van der Waals surface area (Å²) in [6.45, 7) is 6.81. The lowest BCUT2D eigenvalue weighted by Crippen LogP contribution is -2.22. The molecule has 2 aliphatic heterocycles. The number of halogens is 1. The van der Waals surface area contributed by atoms with E-state index in [4.69, 9.17) is 11.6 Å². The third kappa shape index (κ3) is 2.23. The maximum absolute atomic E-state index is 6.23. The van der Waals surface area contributed by atoms with Gasteiger partial charge < -0.3 is 4.57 Å². The second-order valence-corrected chi connectivity index (χ2v) is 5.85. The molecule has 3 heterocycles. The summed E-state index contributed by atoms with van der Waals surface area (Å²) in [7, 11) is 0. The molecule has 1 aromatic heterocycles. The van der Waals surface area contributed by atoms with E-state index in [2.05, 4.69) is 21.4 Å². The van der Waals surface area contributed by atoms with Gasteiger partial charge in [-0.1, -0.05) is 6.92 Å². The number of fused-ring (bicyclic) bond motifs is 1. The molecule has 0 aromatic carbocycles. The number of hydrogen-bond donors (Lipinski definition) is 0. The van der Waals surface area contributed by atoms with Crippen LogP contribution in [-0.2, 0) is 19.5 Å². The largest absolute Gasteiger partial charge is 0.319 e. The minimum atomic E-state index is 0.695. The van der Waals surface area contributed by atoms with Crippen molar-refractivity contribution in [1.29, 1.82) is 0 Å². The monoisotopic (exact) mass is 253 g/mol. The van der Waals surface area contributed by atoms with Crippen molar-refractivity contribution >= 4 is 11.6 Å². The fourth-order valence-electron chi connectivity index (χ4n) is 3.02. The Morgan fingerprint density at radius 2 is 2.06 bits per heavy atom. The molecule has 0 saturated carbocycles. The van der Waals surface area contributed by atoms with Crippen LogP contribution in [0.4, 0.5) is 0 Å². The maximum Gasteiger partial charge on any atom is 0.203 e. The maximum atomic E-state index is 6.23. The summed E-state index contributed by atoms with van der Waals surface area (Å²) in [5.74, 6) is 0.771. The van der Waals surface area contributed by atoms with Gasteiger partial charge in [-0.15, -0.1) is 0 Å². The minimum Gasteiger partial charge on any atom is -0.319 e. The number of likely N-dealkylation sites (tertiary alicyclic amines) is 1. The first kappa shape index (κ1) is 11.5. The Bertz CT molecular complexity index is 407. The number of imidazole rings is 1. The van der Waals surface area contributed by atoms with Crippen LogP contribution in [0, 0.1) is 5.92 Å². The molecule has 0 aliphatic carbocycles. The molecule has 4 heteroatoms. The predicted molar refractivity (Wildman–Crippen MR) is 69.2 cm³/mol. The van der Waals surface area contributed by atoms with E-state index in [1.807, 2.05) is 0 Å². The summed E-state index contributed by atoms with van der Waals surface area (Å²) in [5.41, 5.74) is 2.61. The van der Waals surface area contributed by atoms with Gasteiger partial charge in [0, 0.05) is 18.8 Å². The first-order valence-corrected chi connectivity index (χ1v) is 7.08. The van der Waals surface area contributed by atoms with Gasteiger partial charge in [0.15, 0.2) is 0 Å². The van der Waals surface area contributed by atoms with E-state index in [0.717, 1.165) is 25.4 Å². The Kier molecular flexibility index (Phi) is 3.14. The van der Waals surface area contributed by atoms with Gasteiger partial charge in [-0.25, -0.2) is 4.98 Å². The number of hydrogen-bond acceptors (Lipinski definition) is 2. The van der Waals surface area contributed by atoms with Crippen molar-refractivity contribution in [2.24, 2.45) is 5.92 Å². The van der Waals surface area contributed by atoms with E-state index in [-0.39, 0.29) is 0 Å². The molecule has 1 atom stereocenters. The van der Waals surface area contributed by atoms with Crippen molar-refractivity contribution in [2.45, 2.75) is 45.7 Å². The fraction of sp³-hybridized carbons (Fsp3) is 0.769. The fourth-order valence-corrected chi connectivity index (χ4v) is 3.31. The highest BCUT2D eigenvalue weighted by atomic mass is 35.5. The van der Waals surface area contributed by atoms with Crippen molar-refractivity contribution in [3.8, 4) is 0 Å². The molecular weight excluding hydrogens is 234 g/mol. The molecule has 1 fully saturated rings. The van der Waals surface area contributed by atoms with Gasteiger partial charge in [-0.3, -0.25) is 4.90 Å². The average molecular weight is 254 g/mol. The van der Waals surface area contributed by atoms with Crippen LogP contribution in [0.15, 0.2) is 0 Å². The first-order valence-electron chi connectivity index (χ1n) is 6.70. The molecule has 1 saturated heterocycles. The van der Waals surface area contributed by atoms with Crippen LogP contribution in [-0.4, -0.2) is 27.5 Å². The lowest BCUT2D eigenvalue weighted by atomic mass is 9.97. The van der Waals surface area contributed by atoms with Gasteiger partial charge in [0.1, 0.15) is 0 Å². The van der Waals surface area contributed by atoms with Crippen LogP contribution in [0.2, 0.25) is 5.28 Å². The average Bonchev–Trinajstić information content (AvgIpc) is 2.89. The van der Waals surface area contributed by atoms with E-state index in [9.17, 15) is 0 Å². The van der Waals surface area contributed by atoms with Crippen LogP contribution in [0.1, 0.15) is 37.6 Å². The Balaban J connectivity index is 1.84. The van der Waals surface area contributed by atoms with Crippen molar-refractivity contribution < 1.29 is 0 Å². The van der Waals surface area contributed by atoms with Gasteiger partial charge in [-0.05, 0) is 56.3 Å². The molecule has 0 amide bonds. The van der Waals surface area contributed by atoms with Crippen molar-refractivity contribution in [1.82, 2.24) is 14.5 Å². The summed E-state index contributed by atoms with van der Waals surface area (Å²) in [6, 6.07) is 0. The van der Waals surface area contributed by atoms with E-state index in [0.29, 0.717) is 5.28 Å². The zero-order chi connectivity index (χ0) is 11.8. The number of aromatic nitrogens is 2. The van der Waals surface area contributed by atoms with Gasteiger partial charge >= 0.3 is 0 Å². The Morgan fingerprint density at radius 1 is 1.29 bits per heavy atom. The molecule has 0 spiro atoms. The Labute approximate surface area is 108 Å². The van der Waals surface area contributed by atoms with E-state index < -0.39 is 0 Å². The lowest BCUT2D eigenvalue weighted by Gasteiger charge is -2.22. The summed E-state index contributed by atoms with van der Waals surface area (Å²) in [5, 5.41) is 0.695. The zero-order valence-corrected chi connectivity index (χ0v) is 11.2. The van der Waals surface area contributed by atoms with E-state index >= 15 is 0 Å². The molecule has 0 radical (unpaired) electrons. The smallest absolute Gasteiger partial charge is 0.203 e. The van der Waals surface area contributed by atoms with Crippen molar-refractivity contribution in [3.63, 3.8) is 0 Å². The van der Waals surface area contributed by atoms with Gasteiger partial charge in [0.2, 0.25) is 5.28 Å². The highest BCUT2D eigenvalue weighted by Crippen LogP contribution is 2.28. The Hall–Kier alpha value is -0.540. The lowest BCUT2D eigenvalue weighted by molar-refractivity contribution is 0.323. The predicted octanol–water partition coefficient (Wildman–Crippen LogP) is 2.71. The summed E-state index contributed by atoms with van der Waals surface area (Å²) in [6.07, 6.45) is 5.04. The normalized spacial score (nSPS) is 25.2.